The summed E-state index contributed by atoms with van der Waals surface area (Å²) in [6.07, 6.45) is 0. The van der Waals surface area contributed by atoms with E-state index in [0.29, 0.717) is 27.4 Å². The van der Waals surface area contributed by atoms with Crippen molar-refractivity contribution in [1.82, 2.24) is 9.97 Å². The highest BCUT2D eigenvalue weighted by molar-refractivity contribution is 6.34. The minimum atomic E-state index is -0.267. The largest absolute Gasteiger partial charge is 0.232 e. The summed E-state index contributed by atoms with van der Waals surface area (Å²) in [4.78, 5) is 8.51. The van der Waals surface area contributed by atoms with Gasteiger partial charge >= 0.3 is 0 Å². The Morgan fingerprint density at radius 3 is 2.56 bits per heavy atom. The second kappa shape index (κ2) is 3.98. The Bertz CT molecular complexity index is 552. The fourth-order valence-electron chi connectivity index (χ4n) is 1.50. The summed E-state index contributed by atoms with van der Waals surface area (Å²) >= 11 is 6.06. The Labute approximate surface area is 98.5 Å². The van der Waals surface area contributed by atoms with Crippen LogP contribution in [0.5, 0.6) is 0 Å². The first-order valence-electron chi connectivity index (χ1n) is 5.12. The molecule has 0 spiro atoms. The van der Waals surface area contributed by atoms with Crippen LogP contribution < -0.4 is 0 Å². The van der Waals surface area contributed by atoms with Crippen molar-refractivity contribution < 1.29 is 4.39 Å². The smallest absolute Gasteiger partial charge is 0.140 e. The van der Waals surface area contributed by atoms with Crippen molar-refractivity contribution >= 4 is 22.5 Å². The summed E-state index contributed by atoms with van der Waals surface area (Å²) < 4.78 is 13.4. The molecule has 0 unspecified atom stereocenters. The van der Waals surface area contributed by atoms with Crippen LogP contribution in [0.15, 0.2) is 12.1 Å². The van der Waals surface area contributed by atoms with Crippen molar-refractivity contribution in [2.45, 2.75) is 26.7 Å². The highest BCUT2D eigenvalue weighted by Gasteiger charge is 2.10. The molecular formula is C12H12ClFN2. The topological polar surface area (TPSA) is 25.8 Å². The lowest BCUT2D eigenvalue weighted by atomic mass is 10.1. The zero-order valence-corrected chi connectivity index (χ0v) is 10.1. The molecule has 0 amide bonds. The van der Waals surface area contributed by atoms with Gasteiger partial charge < -0.3 is 0 Å². The molecule has 2 nitrogen and oxygen atoms in total. The minimum Gasteiger partial charge on any atom is -0.232 e. The van der Waals surface area contributed by atoms with Crippen LogP contribution in [0.3, 0.4) is 0 Å². The summed E-state index contributed by atoms with van der Waals surface area (Å²) in [6, 6.07) is 3.08. The minimum absolute atomic E-state index is 0.172. The lowest BCUT2D eigenvalue weighted by molar-refractivity contribution is 0.620. The van der Waals surface area contributed by atoms with Crippen molar-refractivity contribution in [2.75, 3.05) is 0 Å². The molecule has 0 aliphatic heterocycles. The number of rotatable bonds is 1. The number of benzene rings is 1. The van der Waals surface area contributed by atoms with Gasteiger partial charge in [0.15, 0.2) is 0 Å². The molecule has 0 atom stereocenters. The number of hydrogen-bond acceptors (Lipinski definition) is 2. The molecule has 0 bridgehead atoms. The molecule has 0 radical (unpaired) electrons. The fourth-order valence-corrected chi connectivity index (χ4v) is 1.73. The molecule has 0 saturated heterocycles. The van der Waals surface area contributed by atoms with Crippen LogP contribution in [-0.4, -0.2) is 9.97 Å². The Hall–Kier alpha value is -1.22. The normalized spacial score (nSPS) is 11.4. The van der Waals surface area contributed by atoms with E-state index in [1.807, 2.05) is 13.8 Å². The third-order valence-electron chi connectivity index (χ3n) is 2.46. The lowest BCUT2D eigenvalue weighted by Gasteiger charge is -2.07. The van der Waals surface area contributed by atoms with E-state index >= 15 is 0 Å². The predicted octanol–water partition coefficient (Wildman–Crippen LogP) is 3.85. The van der Waals surface area contributed by atoms with Crippen LogP contribution in [0.1, 0.15) is 31.2 Å². The van der Waals surface area contributed by atoms with Crippen molar-refractivity contribution in [3.63, 3.8) is 0 Å². The van der Waals surface area contributed by atoms with Crippen LogP contribution in [0.4, 0.5) is 4.39 Å². The van der Waals surface area contributed by atoms with Gasteiger partial charge in [0, 0.05) is 17.4 Å². The van der Waals surface area contributed by atoms with Crippen LogP contribution in [0.25, 0.3) is 10.9 Å². The van der Waals surface area contributed by atoms with E-state index in [-0.39, 0.29) is 11.7 Å². The van der Waals surface area contributed by atoms with E-state index in [4.69, 9.17) is 11.6 Å². The molecule has 2 rings (SSSR count). The number of fused-ring (bicyclic) bond motifs is 1. The number of aromatic nitrogens is 2. The lowest BCUT2D eigenvalue weighted by Crippen LogP contribution is -1.99. The van der Waals surface area contributed by atoms with Crippen LogP contribution in [0.2, 0.25) is 5.15 Å². The predicted molar refractivity (Wildman–Crippen MR) is 63.3 cm³/mol. The molecule has 0 N–H and O–H groups in total. The maximum Gasteiger partial charge on any atom is 0.140 e. The average molecular weight is 239 g/mol. The summed E-state index contributed by atoms with van der Waals surface area (Å²) in [5.74, 6) is 0.545. The van der Waals surface area contributed by atoms with E-state index in [0.717, 1.165) is 0 Å². The highest BCUT2D eigenvalue weighted by atomic mass is 35.5. The molecular weight excluding hydrogens is 227 g/mol. The molecule has 1 heterocycles. The Kier molecular flexibility index (Phi) is 2.80. The Balaban J connectivity index is 2.77. The monoisotopic (exact) mass is 238 g/mol. The standard InChI is InChI=1S/C12H12ClFN2/c1-6(2)12-15-10-5-9(14)7(3)4-8(10)11(13)16-12/h4-6H,1-3H3. The number of nitrogens with zero attached hydrogens (tertiary/aromatic N) is 2. The van der Waals surface area contributed by atoms with E-state index in [9.17, 15) is 4.39 Å². The van der Waals surface area contributed by atoms with E-state index in [1.54, 1.807) is 13.0 Å². The molecule has 0 fully saturated rings. The van der Waals surface area contributed by atoms with Crippen LogP contribution in [0, 0.1) is 12.7 Å². The second-order valence-electron chi connectivity index (χ2n) is 4.15. The summed E-state index contributed by atoms with van der Waals surface area (Å²) in [5, 5.41) is 1.08. The van der Waals surface area contributed by atoms with Crippen molar-refractivity contribution in [3.8, 4) is 0 Å². The Morgan fingerprint density at radius 1 is 1.25 bits per heavy atom. The van der Waals surface area contributed by atoms with E-state index in [1.165, 1.54) is 6.07 Å². The first-order valence-corrected chi connectivity index (χ1v) is 5.50. The zero-order chi connectivity index (χ0) is 11.9. The maximum atomic E-state index is 13.4. The van der Waals surface area contributed by atoms with Gasteiger partial charge in [0.2, 0.25) is 0 Å². The van der Waals surface area contributed by atoms with Crippen molar-refractivity contribution in [2.24, 2.45) is 0 Å². The summed E-state index contributed by atoms with van der Waals surface area (Å²) in [7, 11) is 0. The SMILES string of the molecule is Cc1cc2c(Cl)nc(C(C)C)nc2cc1F. The molecule has 1 aromatic heterocycles. The molecule has 0 saturated carbocycles. The second-order valence-corrected chi connectivity index (χ2v) is 4.50. The first kappa shape index (κ1) is 11.3. The number of halogens is 2. The van der Waals surface area contributed by atoms with Crippen molar-refractivity contribution in [1.29, 1.82) is 0 Å². The third-order valence-corrected chi connectivity index (χ3v) is 2.75. The van der Waals surface area contributed by atoms with Gasteiger partial charge in [0.1, 0.15) is 16.8 Å². The highest BCUT2D eigenvalue weighted by Crippen LogP contribution is 2.25. The van der Waals surface area contributed by atoms with Crippen LogP contribution >= 0.6 is 11.6 Å². The summed E-state index contributed by atoms with van der Waals surface area (Å²) in [6.45, 7) is 5.64. The van der Waals surface area contributed by atoms with Gasteiger partial charge in [0.05, 0.1) is 5.52 Å². The van der Waals surface area contributed by atoms with Crippen molar-refractivity contribution in [3.05, 3.63) is 34.5 Å². The van der Waals surface area contributed by atoms with Gasteiger partial charge in [-0.1, -0.05) is 25.4 Å². The van der Waals surface area contributed by atoms with Gasteiger partial charge in [-0.25, -0.2) is 14.4 Å². The van der Waals surface area contributed by atoms with Gasteiger partial charge in [-0.05, 0) is 18.6 Å². The maximum absolute atomic E-state index is 13.4. The van der Waals surface area contributed by atoms with E-state index < -0.39 is 0 Å². The van der Waals surface area contributed by atoms with Gasteiger partial charge in [-0.15, -0.1) is 0 Å². The van der Waals surface area contributed by atoms with Gasteiger partial charge in [-0.3, -0.25) is 0 Å². The molecule has 4 heteroatoms. The molecule has 16 heavy (non-hydrogen) atoms. The average Bonchev–Trinajstić information content (AvgIpc) is 2.20. The van der Waals surface area contributed by atoms with Crippen LogP contribution in [-0.2, 0) is 0 Å². The fraction of sp³-hybridized carbons (Fsp3) is 0.333. The molecule has 1 aromatic carbocycles. The van der Waals surface area contributed by atoms with Gasteiger partial charge in [0.25, 0.3) is 0 Å². The molecule has 84 valence electrons. The number of aryl methyl sites for hydroxylation is 1. The third kappa shape index (κ3) is 1.87. The molecule has 2 aromatic rings. The first-order chi connectivity index (χ1) is 7.49. The molecule has 0 aliphatic rings. The summed E-state index contributed by atoms with van der Waals surface area (Å²) in [5.41, 5.74) is 1.11. The molecule has 0 aliphatic carbocycles. The Morgan fingerprint density at radius 2 is 1.94 bits per heavy atom. The number of hydrogen-bond donors (Lipinski definition) is 0. The van der Waals surface area contributed by atoms with E-state index in [2.05, 4.69) is 9.97 Å². The van der Waals surface area contributed by atoms with Gasteiger partial charge in [-0.2, -0.15) is 0 Å². The quantitative estimate of drug-likeness (QED) is 0.705. The zero-order valence-electron chi connectivity index (χ0n) is 9.38.